The first-order valence-corrected chi connectivity index (χ1v) is 15.6. The van der Waals surface area contributed by atoms with Gasteiger partial charge in [0.05, 0.1) is 33.2 Å². The number of anilines is 3. The highest BCUT2D eigenvalue weighted by molar-refractivity contribution is 6.30. The highest BCUT2D eigenvalue weighted by Crippen LogP contribution is 2.56. The smallest absolute Gasteiger partial charge is 0.337 e. The first-order valence-electron chi connectivity index (χ1n) is 15.3. The highest BCUT2D eigenvalue weighted by atomic mass is 35.5. The number of amides is 1. The number of carbonyl (C=O) groups excluding carboxylic acids is 1. The lowest BCUT2D eigenvalue weighted by Crippen LogP contribution is -2.61. The Balaban J connectivity index is 1.28. The Kier molecular flexibility index (Phi) is 7.80. The molecule has 0 atom stereocenters. The van der Waals surface area contributed by atoms with Crippen LogP contribution in [-0.4, -0.2) is 77.3 Å². The van der Waals surface area contributed by atoms with Gasteiger partial charge in [0.25, 0.3) is 5.91 Å². The quantitative estimate of drug-likeness (QED) is 0.348. The maximum absolute atomic E-state index is 14.5. The third kappa shape index (κ3) is 5.21. The number of benzene rings is 1. The minimum atomic E-state index is -0.980. The van der Waals surface area contributed by atoms with Crippen LogP contribution in [0.1, 0.15) is 70.1 Å². The maximum atomic E-state index is 14.5. The van der Waals surface area contributed by atoms with Crippen molar-refractivity contribution in [1.82, 2.24) is 14.9 Å². The number of methoxy groups -OCH3 is 1. The van der Waals surface area contributed by atoms with Crippen LogP contribution in [0.25, 0.3) is 0 Å². The summed E-state index contributed by atoms with van der Waals surface area (Å²) in [7, 11) is 1.71. The van der Waals surface area contributed by atoms with Gasteiger partial charge in [0, 0.05) is 51.0 Å². The van der Waals surface area contributed by atoms with Gasteiger partial charge in [-0.1, -0.05) is 11.6 Å². The molecule has 11 heteroatoms. The number of piperazine rings is 1. The fraction of sp³-hybridized carbons (Fsp3) is 0.471. The summed E-state index contributed by atoms with van der Waals surface area (Å²) >= 11 is 5.98. The minimum absolute atomic E-state index is 0.0759. The van der Waals surface area contributed by atoms with Crippen molar-refractivity contribution in [2.45, 2.75) is 58.4 Å². The van der Waals surface area contributed by atoms with Crippen molar-refractivity contribution in [3.05, 3.63) is 74.9 Å². The van der Waals surface area contributed by atoms with Crippen LogP contribution in [0.2, 0.25) is 5.02 Å². The van der Waals surface area contributed by atoms with Crippen LogP contribution in [0.3, 0.4) is 0 Å². The molecule has 45 heavy (non-hydrogen) atoms. The maximum Gasteiger partial charge on any atom is 0.337 e. The van der Waals surface area contributed by atoms with E-state index in [4.69, 9.17) is 21.3 Å². The number of carbonyl (C=O) groups is 2. The number of carboxylic acid groups (broad SMARTS) is 1. The second kappa shape index (κ2) is 11.2. The molecule has 3 aliphatic rings. The SMILES string of the molecule is COCC1CC2(C1)CN(c1ccc(Cl)c(F)c1)c1ccc(C(=O)N3CCN(c4nc(C)c(C(=O)O)c(C)c4C)CC3(C)C)nc12. The van der Waals surface area contributed by atoms with Crippen molar-refractivity contribution >= 4 is 40.7 Å². The lowest BCUT2D eigenvalue weighted by atomic mass is 9.61. The molecule has 0 unspecified atom stereocenters. The van der Waals surface area contributed by atoms with E-state index in [0.717, 1.165) is 35.6 Å². The molecular weight excluding hydrogens is 597 g/mol. The number of hydrogen-bond donors (Lipinski definition) is 1. The Morgan fingerprint density at radius 2 is 1.80 bits per heavy atom. The van der Waals surface area contributed by atoms with E-state index in [2.05, 4.69) is 14.8 Å². The Labute approximate surface area is 268 Å². The Morgan fingerprint density at radius 1 is 1.07 bits per heavy atom. The number of carboxylic acids is 1. The number of fused-ring (bicyclic) bond motifs is 2. The largest absolute Gasteiger partial charge is 0.478 e. The summed E-state index contributed by atoms with van der Waals surface area (Å²) < 4.78 is 19.9. The van der Waals surface area contributed by atoms with Crippen molar-refractivity contribution in [2.24, 2.45) is 5.92 Å². The van der Waals surface area contributed by atoms with Crippen molar-refractivity contribution in [3.63, 3.8) is 0 Å². The van der Waals surface area contributed by atoms with E-state index in [-0.39, 0.29) is 21.9 Å². The lowest BCUT2D eigenvalue weighted by Gasteiger charge is -2.48. The molecule has 1 spiro atoms. The zero-order chi connectivity index (χ0) is 32.4. The summed E-state index contributed by atoms with van der Waals surface area (Å²) in [5, 5.41) is 9.74. The molecule has 1 aliphatic carbocycles. The van der Waals surface area contributed by atoms with E-state index in [1.165, 1.54) is 6.07 Å². The normalized spacial score (nSPS) is 22.0. The monoisotopic (exact) mass is 635 g/mol. The number of hydrogen-bond acceptors (Lipinski definition) is 7. The zero-order valence-electron chi connectivity index (χ0n) is 26.6. The van der Waals surface area contributed by atoms with Crippen LogP contribution in [0.5, 0.6) is 0 Å². The van der Waals surface area contributed by atoms with Gasteiger partial charge in [0.2, 0.25) is 0 Å². The predicted octanol–water partition coefficient (Wildman–Crippen LogP) is 6.08. The molecule has 1 saturated carbocycles. The van der Waals surface area contributed by atoms with Gasteiger partial charge in [-0.3, -0.25) is 4.79 Å². The molecule has 1 saturated heterocycles. The van der Waals surface area contributed by atoms with E-state index < -0.39 is 17.3 Å². The molecule has 2 aliphatic heterocycles. The molecule has 0 radical (unpaired) electrons. The zero-order valence-corrected chi connectivity index (χ0v) is 27.3. The van der Waals surface area contributed by atoms with Crippen molar-refractivity contribution < 1.29 is 23.8 Å². The third-order valence-corrected chi connectivity index (χ3v) is 10.2. The number of aromatic nitrogens is 2. The van der Waals surface area contributed by atoms with Crippen LogP contribution < -0.4 is 9.80 Å². The lowest BCUT2D eigenvalue weighted by molar-refractivity contribution is 0.0498. The van der Waals surface area contributed by atoms with Gasteiger partial charge in [-0.25, -0.2) is 19.2 Å². The number of aryl methyl sites for hydroxylation is 1. The molecule has 1 amide bonds. The van der Waals surface area contributed by atoms with Crippen LogP contribution in [-0.2, 0) is 10.2 Å². The number of rotatable bonds is 6. The molecule has 6 rings (SSSR count). The van der Waals surface area contributed by atoms with E-state index in [1.807, 2.05) is 44.7 Å². The average Bonchev–Trinajstić information content (AvgIpc) is 3.30. The fourth-order valence-electron chi connectivity index (χ4n) is 7.64. The molecule has 9 nitrogen and oxygen atoms in total. The van der Waals surface area contributed by atoms with Gasteiger partial charge in [0.1, 0.15) is 17.3 Å². The molecule has 3 aromatic rings. The third-order valence-electron chi connectivity index (χ3n) is 9.89. The average molecular weight is 636 g/mol. The van der Waals surface area contributed by atoms with Crippen molar-refractivity contribution in [3.8, 4) is 0 Å². The van der Waals surface area contributed by atoms with E-state index in [1.54, 1.807) is 26.2 Å². The van der Waals surface area contributed by atoms with Gasteiger partial charge in [-0.05, 0) is 94.8 Å². The number of pyridine rings is 2. The van der Waals surface area contributed by atoms with Gasteiger partial charge < -0.3 is 24.5 Å². The van der Waals surface area contributed by atoms with Gasteiger partial charge >= 0.3 is 5.97 Å². The first-order chi connectivity index (χ1) is 21.3. The van der Waals surface area contributed by atoms with Gasteiger partial charge in [0.15, 0.2) is 0 Å². The molecule has 1 N–H and O–H groups in total. The minimum Gasteiger partial charge on any atom is -0.478 e. The molecule has 1 aromatic carbocycles. The van der Waals surface area contributed by atoms with E-state index in [0.29, 0.717) is 61.3 Å². The Bertz CT molecular complexity index is 1710. The molecule has 2 aromatic heterocycles. The highest BCUT2D eigenvalue weighted by Gasteiger charge is 2.53. The van der Waals surface area contributed by atoms with Crippen LogP contribution in [0.15, 0.2) is 30.3 Å². The van der Waals surface area contributed by atoms with Gasteiger partial charge in [-0.2, -0.15) is 0 Å². The predicted molar refractivity (Wildman–Crippen MR) is 172 cm³/mol. The van der Waals surface area contributed by atoms with Gasteiger partial charge in [-0.15, -0.1) is 0 Å². The fourth-order valence-corrected chi connectivity index (χ4v) is 7.76. The number of ether oxygens (including phenoxy) is 1. The number of halogens is 2. The molecule has 4 heterocycles. The van der Waals surface area contributed by atoms with Crippen LogP contribution in [0.4, 0.5) is 21.6 Å². The Hall–Kier alpha value is -3.76. The molecule has 0 bridgehead atoms. The summed E-state index contributed by atoms with van der Waals surface area (Å²) in [6, 6.07) is 8.54. The van der Waals surface area contributed by atoms with Crippen LogP contribution >= 0.6 is 11.6 Å². The summed E-state index contributed by atoms with van der Waals surface area (Å²) in [5.74, 6) is -0.447. The Morgan fingerprint density at radius 3 is 2.44 bits per heavy atom. The first kappa shape index (κ1) is 31.2. The second-order valence-electron chi connectivity index (χ2n) is 13.4. The standard InChI is InChI=1S/C34H39ClFN5O4/c1-19-20(2)30(37-21(3)28(19)32(43)44)39-11-12-41(33(4,5)17-39)31(42)26-9-10-27-29(38-26)34(14-22(15-34)16-45-6)18-40(27)23-7-8-24(35)25(36)13-23/h7-10,13,22H,11-12,14-18H2,1-6H3,(H,43,44). The van der Waals surface area contributed by atoms with E-state index in [9.17, 15) is 19.1 Å². The number of aromatic carboxylic acids is 1. The van der Waals surface area contributed by atoms with E-state index >= 15 is 0 Å². The van der Waals surface area contributed by atoms with Crippen molar-refractivity contribution in [1.29, 1.82) is 0 Å². The summed E-state index contributed by atoms with van der Waals surface area (Å²) in [5.41, 5.74) is 4.30. The van der Waals surface area contributed by atoms with Crippen molar-refractivity contribution in [2.75, 3.05) is 49.7 Å². The molecular formula is C34H39ClFN5O4. The summed E-state index contributed by atoms with van der Waals surface area (Å²) in [6.07, 6.45) is 1.75. The van der Waals surface area contributed by atoms with Crippen LogP contribution in [0, 0.1) is 32.5 Å². The molecule has 2 fully saturated rings. The number of nitrogens with zero attached hydrogens (tertiary/aromatic N) is 5. The summed E-state index contributed by atoms with van der Waals surface area (Å²) in [6.45, 7) is 12.4. The molecule has 238 valence electrons. The second-order valence-corrected chi connectivity index (χ2v) is 13.8. The topological polar surface area (TPSA) is 99.1 Å². The summed E-state index contributed by atoms with van der Waals surface area (Å²) in [4.78, 5) is 41.8.